The van der Waals surface area contributed by atoms with Gasteiger partial charge in [0.25, 0.3) is 5.69 Å². The summed E-state index contributed by atoms with van der Waals surface area (Å²) in [4.78, 5) is 13.7. The number of phenols is 1. The third kappa shape index (κ3) is 3.80. The van der Waals surface area contributed by atoms with E-state index >= 15 is 0 Å². The van der Waals surface area contributed by atoms with Crippen LogP contribution in [0, 0.1) is 10.1 Å². The smallest absolute Gasteiger partial charge is 0.287 e. The number of anilines is 1. The standard InChI is InChI=1S/C12H8Cl2N4O3/c13-8-3-7(12(19)10(14)4-8)5-16-17-11-2-1-9(6-15-11)18(20)21/h1-6,19H,(H,15,17). The molecule has 1 heterocycles. The zero-order valence-corrected chi connectivity index (χ0v) is 11.8. The highest BCUT2D eigenvalue weighted by molar-refractivity contribution is 6.36. The molecule has 1 aromatic carbocycles. The van der Waals surface area contributed by atoms with Crippen LogP contribution in [0.2, 0.25) is 10.0 Å². The second kappa shape index (κ2) is 6.38. The third-order valence-electron chi connectivity index (χ3n) is 2.40. The second-order valence-electron chi connectivity index (χ2n) is 3.85. The maximum Gasteiger partial charge on any atom is 0.287 e. The molecule has 0 atom stereocenters. The number of phenolic OH excluding ortho intramolecular Hbond substituents is 1. The number of nitro groups is 1. The molecule has 0 unspecified atom stereocenters. The third-order valence-corrected chi connectivity index (χ3v) is 2.91. The molecule has 108 valence electrons. The Bertz CT molecular complexity index is 704. The fourth-order valence-electron chi connectivity index (χ4n) is 1.41. The lowest BCUT2D eigenvalue weighted by Crippen LogP contribution is -1.95. The Labute approximate surface area is 129 Å². The van der Waals surface area contributed by atoms with Crippen LogP contribution in [0.15, 0.2) is 35.6 Å². The van der Waals surface area contributed by atoms with Crippen LogP contribution in [0.4, 0.5) is 11.5 Å². The molecule has 0 saturated heterocycles. The predicted octanol–water partition coefficient (Wildman–Crippen LogP) is 3.45. The monoisotopic (exact) mass is 326 g/mol. The number of nitrogens with one attached hydrogen (secondary N) is 1. The van der Waals surface area contributed by atoms with Crippen molar-refractivity contribution in [2.24, 2.45) is 5.10 Å². The van der Waals surface area contributed by atoms with Crippen molar-refractivity contribution in [2.45, 2.75) is 0 Å². The van der Waals surface area contributed by atoms with E-state index in [1.54, 1.807) is 0 Å². The Morgan fingerprint density at radius 2 is 2.14 bits per heavy atom. The molecule has 2 N–H and O–H groups in total. The van der Waals surface area contributed by atoms with Gasteiger partial charge in [-0.25, -0.2) is 4.98 Å². The quantitative estimate of drug-likeness (QED) is 0.509. The number of halogens is 2. The van der Waals surface area contributed by atoms with Crippen LogP contribution in [-0.2, 0) is 0 Å². The van der Waals surface area contributed by atoms with Gasteiger partial charge in [0.15, 0.2) is 0 Å². The van der Waals surface area contributed by atoms with Gasteiger partial charge in [-0.3, -0.25) is 15.5 Å². The molecule has 9 heteroatoms. The molecule has 21 heavy (non-hydrogen) atoms. The van der Waals surface area contributed by atoms with Crippen LogP contribution in [0.3, 0.4) is 0 Å². The van der Waals surface area contributed by atoms with Gasteiger partial charge >= 0.3 is 0 Å². The first-order valence-electron chi connectivity index (χ1n) is 5.55. The maximum atomic E-state index is 10.5. The summed E-state index contributed by atoms with van der Waals surface area (Å²) in [6.07, 6.45) is 2.40. The van der Waals surface area contributed by atoms with Crippen molar-refractivity contribution >= 4 is 40.9 Å². The van der Waals surface area contributed by atoms with E-state index in [1.807, 2.05) is 0 Å². The fraction of sp³-hybridized carbons (Fsp3) is 0. The van der Waals surface area contributed by atoms with Crippen molar-refractivity contribution in [3.63, 3.8) is 0 Å². The number of hydrogen-bond donors (Lipinski definition) is 2. The molecule has 0 spiro atoms. The first-order valence-corrected chi connectivity index (χ1v) is 6.30. The summed E-state index contributed by atoms with van der Waals surface area (Å²) in [5.41, 5.74) is 2.76. The number of pyridine rings is 1. The maximum absolute atomic E-state index is 10.5. The largest absolute Gasteiger partial charge is 0.506 e. The van der Waals surface area contributed by atoms with Gasteiger partial charge in [0.1, 0.15) is 17.8 Å². The van der Waals surface area contributed by atoms with Crippen molar-refractivity contribution < 1.29 is 10.0 Å². The molecule has 0 fully saturated rings. The highest BCUT2D eigenvalue weighted by Crippen LogP contribution is 2.29. The van der Waals surface area contributed by atoms with E-state index in [0.717, 1.165) is 6.20 Å². The molecule has 0 aliphatic carbocycles. The van der Waals surface area contributed by atoms with Gasteiger partial charge in [-0.15, -0.1) is 0 Å². The number of hydrazone groups is 1. The molecule has 1 aromatic heterocycles. The minimum absolute atomic E-state index is 0.109. The normalized spacial score (nSPS) is 10.8. The van der Waals surface area contributed by atoms with Crippen molar-refractivity contribution in [3.8, 4) is 5.75 Å². The first kappa shape index (κ1) is 15.0. The average molecular weight is 327 g/mol. The van der Waals surface area contributed by atoms with Gasteiger partial charge in [0, 0.05) is 16.7 Å². The highest BCUT2D eigenvalue weighted by atomic mass is 35.5. The van der Waals surface area contributed by atoms with Crippen molar-refractivity contribution in [2.75, 3.05) is 5.43 Å². The molecule has 2 rings (SSSR count). The molecule has 2 aromatic rings. The summed E-state index contributed by atoms with van der Waals surface area (Å²) >= 11 is 11.6. The first-order chi connectivity index (χ1) is 9.97. The zero-order valence-electron chi connectivity index (χ0n) is 10.3. The minimum atomic E-state index is -0.550. The number of benzene rings is 1. The van der Waals surface area contributed by atoms with E-state index in [2.05, 4.69) is 15.5 Å². The van der Waals surface area contributed by atoms with Crippen LogP contribution in [0.1, 0.15) is 5.56 Å². The van der Waals surface area contributed by atoms with Crippen LogP contribution < -0.4 is 5.43 Å². The Hall–Kier alpha value is -2.38. The Morgan fingerprint density at radius 3 is 2.76 bits per heavy atom. The van der Waals surface area contributed by atoms with Crippen LogP contribution in [0.25, 0.3) is 0 Å². The number of nitrogens with zero attached hydrogens (tertiary/aromatic N) is 3. The average Bonchev–Trinajstić information content (AvgIpc) is 2.44. The Balaban J connectivity index is 2.10. The van der Waals surface area contributed by atoms with E-state index in [4.69, 9.17) is 23.2 Å². The molecule has 7 nitrogen and oxygen atoms in total. The minimum Gasteiger partial charge on any atom is -0.506 e. The van der Waals surface area contributed by atoms with Crippen LogP contribution >= 0.6 is 23.2 Å². The van der Waals surface area contributed by atoms with Crippen LogP contribution in [-0.4, -0.2) is 21.2 Å². The molecule has 0 aliphatic rings. The van der Waals surface area contributed by atoms with Gasteiger partial charge in [0.2, 0.25) is 0 Å². The SMILES string of the molecule is O=[N+]([O-])c1ccc(NN=Cc2cc(Cl)cc(Cl)c2O)nc1. The van der Waals surface area contributed by atoms with E-state index in [1.165, 1.54) is 30.5 Å². The summed E-state index contributed by atoms with van der Waals surface area (Å²) < 4.78 is 0. The van der Waals surface area contributed by atoms with Crippen LogP contribution in [0.5, 0.6) is 5.75 Å². The number of rotatable bonds is 4. The predicted molar refractivity (Wildman–Crippen MR) is 80.2 cm³/mol. The molecular weight excluding hydrogens is 319 g/mol. The van der Waals surface area contributed by atoms with Gasteiger partial charge in [-0.05, 0) is 18.2 Å². The Morgan fingerprint density at radius 1 is 1.38 bits per heavy atom. The molecule has 0 aliphatic heterocycles. The summed E-state index contributed by atoms with van der Waals surface area (Å²) in [7, 11) is 0. The van der Waals surface area contributed by atoms with Crippen molar-refractivity contribution in [1.82, 2.24) is 4.98 Å². The second-order valence-corrected chi connectivity index (χ2v) is 4.70. The number of aromatic hydroxyl groups is 1. The summed E-state index contributed by atoms with van der Waals surface area (Å²) in [5.74, 6) is 0.160. The topological polar surface area (TPSA) is 101 Å². The summed E-state index contributed by atoms with van der Waals surface area (Å²) in [6, 6.07) is 5.58. The van der Waals surface area contributed by atoms with Crippen molar-refractivity contribution in [1.29, 1.82) is 0 Å². The molecule has 0 saturated carbocycles. The fourth-order valence-corrected chi connectivity index (χ4v) is 1.92. The van der Waals surface area contributed by atoms with E-state index in [0.29, 0.717) is 16.4 Å². The molecular formula is C12H8Cl2N4O3. The van der Waals surface area contributed by atoms with Gasteiger partial charge in [0.05, 0.1) is 16.2 Å². The Kier molecular flexibility index (Phi) is 4.56. The molecule has 0 amide bonds. The van der Waals surface area contributed by atoms with Crippen molar-refractivity contribution in [3.05, 3.63) is 56.2 Å². The summed E-state index contributed by atoms with van der Waals surface area (Å²) in [5, 5.41) is 24.5. The molecule has 0 bridgehead atoms. The molecule has 0 radical (unpaired) electrons. The van der Waals surface area contributed by atoms with E-state index in [-0.39, 0.29) is 16.5 Å². The van der Waals surface area contributed by atoms with E-state index < -0.39 is 4.92 Å². The highest BCUT2D eigenvalue weighted by Gasteiger charge is 2.06. The van der Waals surface area contributed by atoms with Gasteiger partial charge in [-0.2, -0.15) is 5.10 Å². The number of aromatic nitrogens is 1. The van der Waals surface area contributed by atoms with Gasteiger partial charge < -0.3 is 5.11 Å². The lowest BCUT2D eigenvalue weighted by Gasteiger charge is -2.02. The van der Waals surface area contributed by atoms with E-state index in [9.17, 15) is 15.2 Å². The lowest BCUT2D eigenvalue weighted by molar-refractivity contribution is -0.385. The number of hydrogen-bond acceptors (Lipinski definition) is 6. The van der Waals surface area contributed by atoms with Gasteiger partial charge in [-0.1, -0.05) is 23.2 Å². The zero-order chi connectivity index (χ0) is 15.4. The summed E-state index contributed by atoms with van der Waals surface area (Å²) in [6.45, 7) is 0. The lowest BCUT2D eigenvalue weighted by atomic mass is 10.2.